The van der Waals surface area contributed by atoms with Gasteiger partial charge in [0, 0.05) is 5.70 Å². The maximum absolute atomic E-state index is 5.51. The minimum atomic E-state index is 0.110. The van der Waals surface area contributed by atoms with Gasteiger partial charge in [0.25, 0.3) is 0 Å². The summed E-state index contributed by atoms with van der Waals surface area (Å²) in [5, 5.41) is 5.59. The summed E-state index contributed by atoms with van der Waals surface area (Å²) in [6.45, 7) is 3.60. The molecule has 0 aliphatic carbocycles. The van der Waals surface area contributed by atoms with Gasteiger partial charge in [0.1, 0.15) is 0 Å². The molecule has 12 heavy (non-hydrogen) atoms. The van der Waals surface area contributed by atoms with Crippen molar-refractivity contribution in [1.82, 2.24) is 5.32 Å². The average Bonchev–Trinajstić information content (AvgIpc) is 2.34. The Bertz CT molecular complexity index is 181. The number of nitrogens with one attached hydrogen (secondary N) is 1. The molecule has 0 amide bonds. The van der Waals surface area contributed by atoms with Crippen molar-refractivity contribution in [1.29, 1.82) is 0 Å². The molecule has 1 unspecified atom stereocenters. The molecule has 0 fully saturated rings. The Morgan fingerprint density at radius 1 is 1.50 bits per heavy atom. The topological polar surface area (TPSA) is 64.1 Å². The molecule has 1 aliphatic heterocycles. The fourth-order valence-corrected chi connectivity index (χ4v) is 2.28. The van der Waals surface area contributed by atoms with Crippen molar-refractivity contribution in [2.75, 3.05) is 13.1 Å². The Balaban J connectivity index is 2.38. The second-order valence-corrected chi connectivity index (χ2v) is 4.57. The van der Waals surface area contributed by atoms with E-state index in [2.05, 4.69) is 17.6 Å². The highest BCUT2D eigenvalue weighted by Gasteiger charge is 2.28. The molecule has 4 heteroatoms. The fourth-order valence-electron chi connectivity index (χ4n) is 1.27. The molecule has 0 spiro atoms. The molecule has 0 radical (unpaired) electrons. The van der Waals surface area contributed by atoms with Gasteiger partial charge in [-0.15, -0.1) is 11.8 Å². The molecule has 0 saturated carbocycles. The SMILES string of the molecule is CC1(CCN)NC(CCN)=CS1. The van der Waals surface area contributed by atoms with Gasteiger partial charge in [-0.2, -0.15) is 0 Å². The molecule has 1 rings (SSSR count). The van der Waals surface area contributed by atoms with Crippen LogP contribution in [0, 0.1) is 0 Å². The summed E-state index contributed by atoms with van der Waals surface area (Å²) in [5.41, 5.74) is 12.2. The van der Waals surface area contributed by atoms with Crippen LogP contribution in [-0.2, 0) is 0 Å². The Labute approximate surface area is 78.0 Å². The maximum atomic E-state index is 5.51. The monoisotopic (exact) mass is 187 g/mol. The normalized spacial score (nSPS) is 28.4. The fraction of sp³-hybridized carbons (Fsp3) is 0.750. The van der Waals surface area contributed by atoms with Crippen LogP contribution in [0.15, 0.2) is 11.1 Å². The van der Waals surface area contributed by atoms with Gasteiger partial charge in [-0.25, -0.2) is 0 Å². The number of nitrogens with two attached hydrogens (primary N) is 2. The maximum Gasteiger partial charge on any atom is 0.0855 e. The zero-order valence-corrected chi connectivity index (χ0v) is 8.29. The lowest BCUT2D eigenvalue weighted by atomic mass is 10.2. The number of rotatable bonds is 4. The molecular weight excluding hydrogens is 170 g/mol. The van der Waals surface area contributed by atoms with Crippen molar-refractivity contribution >= 4 is 11.8 Å². The van der Waals surface area contributed by atoms with E-state index in [0.29, 0.717) is 6.54 Å². The number of hydrogen-bond donors (Lipinski definition) is 3. The summed E-state index contributed by atoms with van der Waals surface area (Å²) >= 11 is 1.81. The molecule has 1 aliphatic rings. The van der Waals surface area contributed by atoms with Gasteiger partial charge in [-0.1, -0.05) is 0 Å². The predicted molar refractivity (Wildman–Crippen MR) is 54.6 cm³/mol. The highest BCUT2D eigenvalue weighted by Crippen LogP contribution is 2.34. The summed E-state index contributed by atoms with van der Waals surface area (Å²) < 4.78 is 0. The van der Waals surface area contributed by atoms with Gasteiger partial charge >= 0.3 is 0 Å². The quantitative estimate of drug-likeness (QED) is 0.602. The molecule has 1 atom stereocenters. The van der Waals surface area contributed by atoms with Crippen LogP contribution in [0.1, 0.15) is 19.8 Å². The van der Waals surface area contributed by atoms with Crippen LogP contribution in [0.3, 0.4) is 0 Å². The smallest absolute Gasteiger partial charge is 0.0855 e. The Kier molecular flexibility index (Phi) is 3.43. The van der Waals surface area contributed by atoms with Crippen molar-refractivity contribution in [3.8, 4) is 0 Å². The molecule has 5 N–H and O–H groups in total. The zero-order chi connectivity index (χ0) is 9.03. The van der Waals surface area contributed by atoms with Gasteiger partial charge in [0.15, 0.2) is 0 Å². The van der Waals surface area contributed by atoms with E-state index in [-0.39, 0.29) is 4.87 Å². The second-order valence-electron chi connectivity index (χ2n) is 3.19. The zero-order valence-electron chi connectivity index (χ0n) is 7.47. The van der Waals surface area contributed by atoms with Crippen molar-refractivity contribution in [2.45, 2.75) is 24.6 Å². The lowest BCUT2D eigenvalue weighted by Gasteiger charge is -2.24. The van der Waals surface area contributed by atoms with E-state index < -0.39 is 0 Å². The molecule has 0 aromatic rings. The lowest BCUT2D eigenvalue weighted by molar-refractivity contribution is 0.525. The minimum Gasteiger partial charge on any atom is -0.373 e. The third-order valence-electron chi connectivity index (χ3n) is 1.92. The number of thioether (sulfide) groups is 1. The number of hydrogen-bond acceptors (Lipinski definition) is 4. The summed E-state index contributed by atoms with van der Waals surface area (Å²) in [7, 11) is 0. The van der Waals surface area contributed by atoms with Gasteiger partial charge < -0.3 is 16.8 Å². The summed E-state index contributed by atoms with van der Waals surface area (Å²) in [4.78, 5) is 0.110. The van der Waals surface area contributed by atoms with Crippen LogP contribution in [0.5, 0.6) is 0 Å². The average molecular weight is 187 g/mol. The highest BCUT2D eigenvalue weighted by molar-refractivity contribution is 8.03. The third-order valence-corrected chi connectivity index (χ3v) is 3.15. The molecule has 0 aromatic carbocycles. The molecule has 70 valence electrons. The second kappa shape index (κ2) is 4.16. The third kappa shape index (κ3) is 2.40. The molecule has 0 saturated heterocycles. The first-order valence-corrected chi connectivity index (χ1v) is 5.13. The molecule has 0 aromatic heterocycles. The van der Waals surface area contributed by atoms with E-state index in [9.17, 15) is 0 Å². The van der Waals surface area contributed by atoms with E-state index in [4.69, 9.17) is 11.5 Å². The summed E-state index contributed by atoms with van der Waals surface area (Å²) in [6, 6.07) is 0. The first kappa shape index (κ1) is 9.89. The summed E-state index contributed by atoms with van der Waals surface area (Å²) in [6.07, 6.45) is 1.93. The van der Waals surface area contributed by atoms with Crippen LogP contribution < -0.4 is 16.8 Å². The van der Waals surface area contributed by atoms with Gasteiger partial charge in [-0.3, -0.25) is 0 Å². The van der Waals surface area contributed by atoms with Crippen LogP contribution in [0.4, 0.5) is 0 Å². The Hall–Kier alpha value is -0.190. The van der Waals surface area contributed by atoms with Crippen LogP contribution in [-0.4, -0.2) is 18.0 Å². The first-order valence-electron chi connectivity index (χ1n) is 4.25. The molecule has 0 bridgehead atoms. The van der Waals surface area contributed by atoms with E-state index in [1.807, 2.05) is 11.8 Å². The van der Waals surface area contributed by atoms with E-state index in [1.54, 1.807) is 0 Å². The van der Waals surface area contributed by atoms with Gasteiger partial charge in [0.2, 0.25) is 0 Å². The molecular formula is C8H17N3S. The van der Waals surface area contributed by atoms with Crippen LogP contribution in [0.2, 0.25) is 0 Å². The Morgan fingerprint density at radius 2 is 2.25 bits per heavy atom. The summed E-state index contributed by atoms with van der Waals surface area (Å²) in [5.74, 6) is 0. The highest BCUT2D eigenvalue weighted by atomic mass is 32.2. The van der Waals surface area contributed by atoms with Crippen molar-refractivity contribution in [2.24, 2.45) is 11.5 Å². The van der Waals surface area contributed by atoms with E-state index in [1.165, 1.54) is 5.70 Å². The first-order chi connectivity index (χ1) is 5.70. The molecule has 1 heterocycles. The molecule has 3 nitrogen and oxygen atoms in total. The Morgan fingerprint density at radius 3 is 2.83 bits per heavy atom. The van der Waals surface area contributed by atoms with Gasteiger partial charge in [0.05, 0.1) is 4.87 Å². The lowest BCUT2D eigenvalue weighted by Crippen LogP contribution is -2.36. The largest absolute Gasteiger partial charge is 0.373 e. The van der Waals surface area contributed by atoms with Crippen LogP contribution >= 0.6 is 11.8 Å². The predicted octanol–water partition coefficient (Wildman–Crippen LogP) is 0.578. The van der Waals surface area contributed by atoms with Crippen molar-refractivity contribution < 1.29 is 0 Å². The van der Waals surface area contributed by atoms with Gasteiger partial charge in [-0.05, 0) is 38.3 Å². The van der Waals surface area contributed by atoms with E-state index in [0.717, 1.165) is 19.4 Å². The minimum absolute atomic E-state index is 0.110. The van der Waals surface area contributed by atoms with Crippen molar-refractivity contribution in [3.05, 3.63) is 11.1 Å². The van der Waals surface area contributed by atoms with Crippen molar-refractivity contribution in [3.63, 3.8) is 0 Å². The van der Waals surface area contributed by atoms with E-state index >= 15 is 0 Å². The van der Waals surface area contributed by atoms with Crippen LogP contribution in [0.25, 0.3) is 0 Å². The standard InChI is InChI=1S/C8H17N3S/c1-8(3-5-10)11-7(2-4-9)6-12-8/h6,11H,2-5,9-10H2,1H3.